The summed E-state index contributed by atoms with van der Waals surface area (Å²) in [5.41, 5.74) is 1.75. The Morgan fingerprint density at radius 2 is 1.70 bits per heavy atom. The van der Waals surface area contributed by atoms with Crippen LogP contribution >= 0.6 is 0 Å². The molecule has 0 bridgehead atoms. The predicted octanol–water partition coefficient (Wildman–Crippen LogP) is 3.74. The number of piperazine rings is 1. The molecule has 1 saturated heterocycles. The quantitative estimate of drug-likeness (QED) is 0.386. The third kappa shape index (κ3) is 5.83. The lowest BCUT2D eigenvalue weighted by Gasteiger charge is -2.36. The van der Waals surface area contributed by atoms with E-state index in [1.165, 1.54) is 24.9 Å². The van der Waals surface area contributed by atoms with Crippen molar-refractivity contribution in [2.45, 2.75) is 25.7 Å². The first kappa shape index (κ1) is 21.8. The summed E-state index contributed by atoms with van der Waals surface area (Å²) in [7, 11) is 1.25. The Morgan fingerprint density at radius 1 is 0.967 bits per heavy atom. The zero-order valence-electron chi connectivity index (χ0n) is 17.5. The van der Waals surface area contributed by atoms with Crippen molar-refractivity contribution in [1.29, 1.82) is 0 Å². The Hall–Kier alpha value is -2.86. The Morgan fingerprint density at radius 3 is 2.40 bits per heavy atom. The van der Waals surface area contributed by atoms with Gasteiger partial charge in [0.25, 0.3) is 0 Å². The molecule has 30 heavy (non-hydrogen) atoms. The second-order valence-electron chi connectivity index (χ2n) is 7.62. The highest BCUT2D eigenvalue weighted by atomic mass is 16.5. The van der Waals surface area contributed by atoms with Crippen LogP contribution in [-0.2, 0) is 4.74 Å². The summed E-state index contributed by atoms with van der Waals surface area (Å²) in [5.74, 6) is -0.836. The average molecular weight is 411 g/mol. The van der Waals surface area contributed by atoms with E-state index in [0.29, 0.717) is 12.0 Å². The second kappa shape index (κ2) is 10.8. The number of nitrogens with zero attached hydrogens (tertiary/aromatic N) is 2. The molecule has 6 nitrogen and oxygen atoms in total. The molecule has 6 heteroatoms. The zero-order chi connectivity index (χ0) is 21.3. The lowest BCUT2D eigenvalue weighted by molar-refractivity contribution is 0.0597. The Labute approximate surface area is 178 Å². The van der Waals surface area contributed by atoms with E-state index in [0.717, 1.165) is 52.0 Å². The zero-order valence-corrected chi connectivity index (χ0v) is 17.5. The molecule has 2 aromatic rings. The van der Waals surface area contributed by atoms with Crippen molar-refractivity contribution in [2.75, 3.05) is 44.7 Å². The molecule has 0 unspecified atom stereocenters. The van der Waals surface area contributed by atoms with Gasteiger partial charge < -0.3 is 14.7 Å². The summed E-state index contributed by atoms with van der Waals surface area (Å²) in [6.45, 7) is 5.29. The van der Waals surface area contributed by atoms with Crippen molar-refractivity contribution in [1.82, 2.24) is 4.90 Å². The van der Waals surface area contributed by atoms with Gasteiger partial charge in [0.15, 0.2) is 5.78 Å². The van der Waals surface area contributed by atoms with Crippen LogP contribution in [0.4, 0.5) is 5.69 Å². The topological polar surface area (TPSA) is 70.1 Å². The number of para-hydroxylation sites is 1. The fourth-order valence-electron chi connectivity index (χ4n) is 3.79. The van der Waals surface area contributed by atoms with Gasteiger partial charge in [-0.1, -0.05) is 24.6 Å². The van der Waals surface area contributed by atoms with Crippen molar-refractivity contribution in [3.05, 3.63) is 59.7 Å². The molecular formula is C24H30N2O4. The highest BCUT2D eigenvalue weighted by Crippen LogP contribution is 2.21. The van der Waals surface area contributed by atoms with Crippen molar-refractivity contribution in [2.24, 2.45) is 0 Å². The van der Waals surface area contributed by atoms with E-state index in [4.69, 9.17) is 0 Å². The van der Waals surface area contributed by atoms with E-state index in [1.54, 1.807) is 6.07 Å². The van der Waals surface area contributed by atoms with E-state index in [-0.39, 0.29) is 17.1 Å². The van der Waals surface area contributed by atoms with Crippen LogP contribution in [0.3, 0.4) is 0 Å². The fourth-order valence-corrected chi connectivity index (χ4v) is 3.79. The normalized spacial score (nSPS) is 14.5. The smallest absolute Gasteiger partial charge is 0.341 e. The van der Waals surface area contributed by atoms with Gasteiger partial charge in [0.1, 0.15) is 11.3 Å². The summed E-state index contributed by atoms with van der Waals surface area (Å²) in [6, 6.07) is 14.9. The summed E-state index contributed by atoms with van der Waals surface area (Å²) in [6.07, 6.45) is 3.32. The Balaban J connectivity index is 1.35. The summed E-state index contributed by atoms with van der Waals surface area (Å²) < 4.78 is 4.64. The van der Waals surface area contributed by atoms with Crippen LogP contribution in [-0.4, -0.2) is 61.6 Å². The van der Waals surface area contributed by atoms with E-state index < -0.39 is 5.97 Å². The van der Waals surface area contributed by atoms with Crippen molar-refractivity contribution in [3.63, 3.8) is 0 Å². The van der Waals surface area contributed by atoms with Gasteiger partial charge in [-0.25, -0.2) is 4.79 Å². The maximum atomic E-state index is 12.4. The third-order valence-corrected chi connectivity index (χ3v) is 5.60. The maximum Gasteiger partial charge on any atom is 0.341 e. The largest absolute Gasteiger partial charge is 0.507 e. The number of ketones is 1. The average Bonchev–Trinajstić information content (AvgIpc) is 2.79. The first-order chi connectivity index (χ1) is 14.6. The molecule has 0 aromatic heterocycles. The fraction of sp³-hybridized carbons (Fsp3) is 0.417. The van der Waals surface area contributed by atoms with E-state index in [9.17, 15) is 14.7 Å². The van der Waals surface area contributed by atoms with Crippen LogP contribution in [0, 0.1) is 0 Å². The van der Waals surface area contributed by atoms with Crippen LogP contribution in [0.5, 0.6) is 5.75 Å². The molecule has 1 fully saturated rings. The number of methoxy groups -OCH3 is 1. The van der Waals surface area contributed by atoms with Crippen molar-refractivity contribution < 1.29 is 19.4 Å². The number of carbonyl (C=O) groups excluding carboxylic acids is 2. The van der Waals surface area contributed by atoms with Crippen LogP contribution in [0.2, 0.25) is 0 Å². The molecule has 1 aliphatic rings. The molecule has 2 aromatic carbocycles. The van der Waals surface area contributed by atoms with Gasteiger partial charge in [-0.2, -0.15) is 0 Å². The number of aromatic hydroxyl groups is 1. The molecule has 0 spiro atoms. The SMILES string of the molecule is COC(=O)c1cc(C(=O)CCCCCN2CCN(c3ccccc3)CC2)ccc1O. The van der Waals surface area contributed by atoms with Gasteiger partial charge in [-0.3, -0.25) is 9.69 Å². The predicted molar refractivity (Wildman–Crippen MR) is 117 cm³/mol. The van der Waals surface area contributed by atoms with Crippen molar-refractivity contribution in [3.8, 4) is 5.75 Å². The van der Waals surface area contributed by atoms with Crippen molar-refractivity contribution >= 4 is 17.4 Å². The minimum Gasteiger partial charge on any atom is -0.507 e. The van der Waals surface area contributed by atoms with Crippen LogP contribution in [0.1, 0.15) is 46.4 Å². The summed E-state index contributed by atoms with van der Waals surface area (Å²) in [5, 5.41) is 9.75. The Kier molecular flexibility index (Phi) is 7.85. The number of hydrogen-bond donors (Lipinski definition) is 1. The highest BCUT2D eigenvalue weighted by molar-refractivity contribution is 6.00. The molecule has 0 aliphatic carbocycles. The Bertz CT molecular complexity index is 846. The van der Waals surface area contributed by atoms with Crippen LogP contribution < -0.4 is 4.90 Å². The first-order valence-electron chi connectivity index (χ1n) is 10.6. The van der Waals surface area contributed by atoms with Gasteiger partial charge in [-0.05, 0) is 49.7 Å². The molecule has 0 amide bonds. The minimum atomic E-state index is -0.644. The van der Waals surface area contributed by atoms with Gasteiger partial charge in [0, 0.05) is 43.9 Å². The number of hydrogen-bond acceptors (Lipinski definition) is 6. The number of phenols is 1. The number of esters is 1. The summed E-state index contributed by atoms with van der Waals surface area (Å²) in [4.78, 5) is 29.0. The third-order valence-electron chi connectivity index (χ3n) is 5.60. The van der Waals surface area contributed by atoms with Gasteiger partial charge in [0.05, 0.1) is 7.11 Å². The van der Waals surface area contributed by atoms with Crippen LogP contribution in [0.15, 0.2) is 48.5 Å². The standard InChI is InChI=1S/C24H30N2O4/c1-30-24(29)21-18-19(11-12-23(21)28)22(27)10-6-3-7-13-25-14-16-26(17-15-25)20-8-4-2-5-9-20/h2,4-5,8-9,11-12,18,28H,3,6-7,10,13-17H2,1H3. The van der Waals surface area contributed by atoms with Gasteiger partial charge in [-0.15, -0.1) is 0 Å². The van der Waals surface area contributed by atoms with E-state index in [1.807, 2.05) is 6.07 Å². The van der Waals surface area contributed by atoms with Crippen LogP contribution in [0.25, 0.3) is 0 Å². The number of rotatable bonds is 9. The minimum absolute atomic E-state index is 0.0170. The first-order valence-corrected chi connectivity index (χ1v) is 10.6. The highest BCUT2D eigenvalue weighted by Gasteiger charge is 2.17. The van der Waals surface area contributed by atoms with Gasteiger partial charge in [0.2, 0.25) is 0 Å². The molecule has 160 valence electrons. The molecule has 3 rings (SSSR count). The number of anilines is 1. The number of Topliss-reactive ketones (excluding diaryl/α,β-unsaturated/α-hetero) is 1. The molecule has 1 heterocycles. The molecule has 1 N–H and O–H groups in total. The van der Waals surface area contributed by atoms with E-state index >= 15 is 0 Å². The van der Waals surface area contributed by atoms with E-state index in [2.05, 4.69) is 38.8 Å². The molecular weight excluding hydrogens is 380 g/mol. The summed E-state index contributed by atoms with van der Waals surface area (Å²) >= 11 is 0. The number of benzene rings is 2. The van der Waals surface area contributed by atoms with Gasteiger partial charge >= 0.3 is 5.97 Å². The number of unbranched alkanes of at least 4 members (excludes halogenated alkanes) is 2. The maximum absolute atomic E-state index is 12.4. The monoisotopic (exact) mass is 410 g/mol. The molecule has 1 aliphatic heterocycles. The second-order valence-corrected chi connectivity index (χ2v) is 7.62. The number of carbonyl (C=O) groups is 2. The number of phenolic OH excluding ortho intramolecular Hbond substituents is 1. The number of ether oxygens (including phenoxy) is 1. The molecule has 0 atom stereocenters. The molecule has 0 saturated carbocycles. The molecule has 0 radical (unpaired) electrons. The lowest BCUT2D eigenvalue weighted by atomic mass is 10.0. The lowest BCUT2D eigenvalue weighted by Crippen LogP contribution is -2.46.